The minimum atomic E-state index is 0.661. The number of anilines is 4. The van der Waals surface area contributed by atoms with E-state index < -0.39 is 0 Å². The van der Waals surface area contributed by atoms with Crippen molar-refractivity contribution in [1.29, 1.82) is 0 Å². The molecule has 0 aliphatic carbocycles. The Balaban J connectivity index is 1.33. The molecular weight excluding hydrogens is 350 g/mol. The van der Waals surface area contributed by atoms with E-state index in [0.717, 1.165) is 50.9 Å². The van der Waals surface area contributed by atoms with Crippen LogP contribution in [0.25, 0.3) is 0 Å². The van der Waals surface area contributed by atoms with Crippen molar-refractivity contribution in [2.75, 3.05) is 73.2 Å². The number of nitrogens with zero attached hydrogens (tertiary/aromatic N) is 5. The van der Waals surface area contributed by atoms with E-state index in [1.807, 2.05) is 0 Å². The summed E-state index contributed by atoms with van der Waals surface area (Å²) in [5.41, 5.74) is 8.36. The topological polar surface area (TPSA) is 73.5 Å². The van der Waals surface area contributed by atoms with E-state index in [4.69, 9.17) is 5.73 Å². The molecule has 1 aromatic carbocycles. The van der Waals surface area contributed by atoms with Gasteiger partial charge in [-0.3, -0.25) is 0 Å². The molecule has 0 spiro atoms. The SMILES string of the molecule is Nc1c(NCCN2CCCCC2)ncnc1N1CCN(c2ccccc2)CC1. The van der Waals surface area contributed by atoms with Crippen LogP contribution < -0.4 is 20.9 Å². The Kier molecular flexibility index (Phi) is 6.11. The van der Waals surface area contributed by atoms with Crippen molar-refractivity contribution in [3.05, 3.63) is 36.7 Å². The highest BCUT2D eigenvalue weighted by molar-refractivity contribution is 5.75. The van der Waals surface area contributed by atoms with Crippen molar-refractivity contribution in [1.82, 2.24) is 14.9 Å². The van der Waals surface area contributed by atoms with Gasteiger partial charge in [0.25, 0.3) is 0 Å². The van der Waals surface area contributed by atoms with Gasteiger partial charge in [0.15, 0.2) is 11.6 Å². The molecule has 7 heteroatoms. The third kappa shape index (κ3) is 4.47. The van der Waals surface area contributed by atoms with Crippen molar-refractivity contribution in [2.45, 2.75) is 19.3 Å². The van der Waals surface area contributed by atoms with Gasteiger partial charge in [0.2, 0.25) is 0 Å². The van der Waals surface area contributed by atoms with Crippen LogP contribution in [0.5, 0.6) is 0 Å². The van der Waals surface area contributed by atoms with Crippen LogP contribution in [0.3, 0.4) is 0 Å². The fourth-order valence-corrected chi connectivity index (χ4v) is 4.11. The highest BCUT2D eigenvalue weighted by Crippen LogP contribution is 2.27. The molecule has 2 aromatic rings. The number of nitrogens with two attached hydrogens (primary N) is 1. The Hall–Kier alpha value is -2.54. The second-order valence-corrected chi connectivity index (χ2v) is 7.60. The lowest BCUT2D eigenvalue weighted by Crippen LogP contribution is -2.47. The second-order valence-electron chi connectivity index (χ2n) is 7.60. The van der Waals surface area contributed by atoms with Gasteiger partial charge < -0.3 is 25.8 Å². The smallest absolute Gasteiger partial charge is 0.157 e. The molecule has 0 bridgehead atoms. The van der Waals surface area contributed by atoms with Crippen LogP contribution in [-0.2, 0) is 0 Å². The summed E-state index contributed by atoms with van der Waals surface area (Å²) < 4.78 is 0. The molecule has 4 rings (SSSR count). The van der Waals surface area contributed by atoms with Gasteiger partial charge >= 0.3 is 0 Å². The summed E-state index contributed by atoms with van der Waals surface area (Å²) in [7, 11) is 0. The Labute approximate surface area is 167 Å². The Morgan fingerprint density at radius 2 is 1.57 bits per heavy atom. The maximum Gasteiger partial charge on any atom is 0.157 e. The highest BCUT2D eigenvalue weighted by atomic mass is 15.3. The van der Waals surface area contributed by atoms with Gasteiger partial charge in [-0.25, -0.2) is 9.97 Å². The minimum absolute atomic E-state index is 0.661. The second kappa shape index (κ2) is 9.10. The van der Waals surface area contributed by atoms with Crippen molar-refractivity contribution < 1.29 is 0 Å². The lowest BCUT2D eigenvalue weighted by atomic mass is 10.1. The number of aromatic nitrogens is 2. The minimum Gasteiger partial charge on any atom is -0.393 e. The third-order valence-corrected chi connectivity index (χ3v) is 5.73. The first kappa shape index (κ1) is 18.8. The van der Waals surface area contributed by atoms with Gasteiger partial charge in [-0.05, 0) is 38.1 Å². The molecule has 2 saturated heterocycles. The molecule has 7 nitrogen and oxygen atoms in total. The predicted molar refractivity (Wildman–Crippen MR) is 116 cm³/mol. The molecule has 3 N–H and O–H groups in total. The largest absolute Gasteiger partial charge is 0.393 e. The van der Waals surface area contributed by atoms with Gasteiger partial charge in [-0.2, -0.15) is 0 Å². The number of benzene rings is 1. The van der Waals surface area contributed by atoms with Crippen LogP contribution in [0.15, 0.2) is 36.7 Å². The van der Waals surface area contributed by atoms with Gasteiger partial charge in [-0.1, -0.05) is 24.6 Å². The molecule has 0 radical (unpaired) electrons. The average Bonchev–Trinajstić information content (AvgIpc) is 2.76. The van der Waals surface area contributed by atoms with Crippen molar-refractivity contribution >= 4 is 23.0 Å². The average molecular weight is 382 g/mol. The molecule has 0 atom stereocenters. The maximum atomic E-state index is 6.42. The molecular formula is C21H31N7. The number of nitrogens with one attached hydrogen (secondary N) is 1. The fourth-order valence-electron chi connectivity index (χ4n) is 4.11. The summed E-state index contributed by atoms with van der Waals surface area (Å²) in [6.07, 6.45) is 5.62. The number of piperazine rings is 1. The number of likely N-dealkylation sites (tertiary alicyclic amines) is 1. The lowest BCUT2D eigenvalue weighted by Gasteiger charge is -2.37. The Bertz CT molecular complexity index is 738. The standard InChI is InChI=1S/C21H31N7/c22-19-20(23-9-12-26-10-5-2-6-11-26)24-17-25-21(19)28-15-13-27(14-16-28)18-7-3-1-4-8-18/h1,3-4,7-8,17H,2,5-6,9-16,22H2,(H,23,24,25). The molecule has 0 amide bonds. The van der Waals surface area contributed by atoms with Crippen LogP contribution in [-0.4, -0.2) is 67.2 Å². The monoisotopic (exact) mass is 381 g/mol. The van der Waals surface area contributed by atoms with Gasteiger partial charge in [-0.15, -0.1) is 0 Å². The molecule has 28 heavy (non-hydrogen) atoms. The Morgan fingerprint density at radius 3 is 2.32 bits per heavy atom. The van der Waals surface area contributed by atoms with E-state index in [2.05, 4.69) is 60.3 Å². The first-order valence-corrected chi connectivity index (χ1v) is 10.4. The van der Waals surface area contributed by atoms with Crippen LogP contribution in [0.2, 0.25) is 0 Å². The summed E-state index contributed by atoms with van der Waals surface area (Å²) in [4.78, 5) is 16.0. The van der Waals surface area contributed by atoms with Crippen molar-refractivity contribution in [3.8, 4) is 0 Å². The quantitative estimate of drug-likeness (QED) is 0.795. The first-order valence-electron chi connectivity index (χ1n) is 10.4. The molecule has 0 unspecified atom stereocenters. The molecule has 2 aliphatic heterocycles. The number of rotatable bonds is 6. The van der Waals surface area contributed by atoms with E-state index in [9.17, 15) is 0 Å². The first-order chi connectivity index (χ1) is 13.8. The van der Waals surface area contributed by atoms with E-state index in [0.29, 0.717) is 5.69 Å². The third-order valence-electron chi connectivity index (χ3n) is 5.73. The van der Waals surface area contributed by atoms with E-state index in [1.54, 1.807) is 6.33 Å². The van der Waals surface area contributed by atoms with E-state index >= 15 is 0 Å². The molecule has 2 fully saturated rings. The summed E-state index contributed by atoms with van der Waals surface area (Å²) in [6.45, 7) is 8.05. The van der Waals surface area contributed by atoms with Crippen LogP contribution in [0.1, 0.15) is 19.3 Å². The number of piperidine rings is 1. The molecule has 2 aliphatic rings. The number of hydrogen-bond donors (Lipinski definition) is 2. The maximum absolute atomic E-state index is 6.42. The normalized spacial score (nSPS) is 18.3. The molecule has 1 aromatic heterocycles. The predicted octanol–water partition coefficient (Wildman–Crippen LogP) is 2.28. The molecule has 3 heterocycles. The Morgan fingerprint density at radius 1 is 0.857 bits per heavy atom. The zero-order chi connectivity index (χ0) is 19.2. The number of hydrogen-bond acceptors (Lipinski definition) is 7. The van der Waals surface area contributed by atoms with Crippen molar-refractivity contribution in [3.63, 3.8) is 0 Å². The zero-order valence-corrected chi connectivity index (χ0v) is 16.6. The zero-order valence-electron chi connectivity index (χ0n) is 16.6. The molecule has 150 valence electrons. The summed E-state index contributed by atoms with van der Waals surface area (Å²) in [5, 5.41) is 3.42. The van der Waals surface area contributed by atoms with E-state index in [1.165, 1.54) is 38.0 Å². The van der Waals surface area contributed by atoms with Crippen molar-refractivity contribution in [2.24, 2.45) is 0 Å². The summed E-state index contributed by atoms with van der Waals surface area (Å²) in [5.74, 6) is 1.61. The van der Waals surface area contributed by atoms with Gasteiger partial charge in [0.05, 0.1) is 0 Å². The van der Waals surface area contributed by atoms with E-state index in [-0.39, 0.29) is 0 Å². The number of para-hydroxylation sites is 1. The van der Waals surface area contributed by atoms with Crippen LogP contribution in [0, 0.1) is 0 Å². The van der Waals surface area contributed by atoms with Crippen LogP contribution >= 0.6 is 0 Å². The molecule has 0 saturated carbocycles. The fraction of sp³-hybridized carbons (Fsp3) is 0.524. The van der Waals surface area contributed by atoms with Crippen LogP contribution in [0.4, 0.5) is 23.0 Å². The number of nitrogen functional groups attached to an aromatic ring is 1. The van der Waals surface area contributed by atoms with Gasteiger partial charge in [0.1, 0.15) is 12.0 Å². The summed E-state index contributed by atoms with van der Waals surface area (Å²) in [6, 6.07) is 10.6. The van der Waals surface area contributed by atoms with Gasteiger partial charge in [0, 0.05) is 45.0 Å². The summed E-state index contributed by atoms with van der Waals surface area (Å²) >= 11 is 0. The lowest BCUT2D eigenvalue weighted by molar-refractivity contribution is 0.237. The highest BCUT2D eigenvalue weighted by Gasteiger charge is 2.21.